The van der Waals surface area contributed by atoms with Gasteiger partial charge in [-0.25, -0.2) is 5.01 Å². The molecule has 100 valence electrons. The van der Waals surface area contributed by atoms with Crippen molar-refractivity contribution in [2.24, 2.45) is 0 Å². The number of hydrogen-bond donors (Lipinski definition) is 1. The number of benzene rings is 2. The summed E-state index contributed by atoms with van der Waals surface area (Å²) in [5, 5.41) is 4.45. The molecule has 5 heteroatoms. The SMILES string of the molecule is CN(C)NC(=O)CSc1cccc2cccc(Cl)c12. The van der Waals surface area contributed by atoms with Crippen molar-refractivity contribution in [3.05, 3.63) is 41.4 Å². The molecule has 0 bridgehead atoms. The summed E-state index contributed by atoms with van der Waals surface area (Å²) >= 11 is 7.73. The van der Waals surface area contributed by atoms with Crippen LogP contribution in [0.3, 0.4) is 0 Å². The van der Waals surface area contributed by atoms with Gasteiger partial charge in [-0.05, 0) is 17.5 Å². The van der Waals surface area contributed by atoms with E-state index in [0.717, 1.165) is 15.7 Å². The molecule has 0 aliphatic heterocycles. The van der Waals surface area contributed by atoms with E-state index in [4.69, 9.17) is 11.6 Å². The quantitative estimate of drug-likeness (QED) is 0.694. The summed E-state index contributed by atoms with van der Waals surface area (Å²) in [5.74, 6) is 0.335. The molecule has 0 atom stereocenters. The van der Waals surface area contributed by atoms with Gasteiger partial charge in [-0.15, -0.1) is 11.8 Å². The average molecular weight is 295 g/mol. The first kappa shape index (κ1) is 14.2. The highest BCUT2D eigenvalue weighted by atomic mass is 35.5. The zero-order valence-electron chi connectivity index (χ0n) is 10.8. The molecule has 0 saturated heterocycles. The van der Waals surface area contributed by atoms with Gasteiger partial charge < -0.3 is 0 Å². The van der Waals surface area contributed by atoms with Crippen LogP contribution in [0.1, 0.15) is 0 Å². The van der Waals surface area contributed by atoms with Crippen molar-refractivity contribution in [1.29, 1.82) is 0 Å². The lowest BCUT2D eigenvalue weighted by atomic mass is 10.1. The molecule has 0 radical (unpaired) electrons. The number of hydrogen-bond acceptors (Lipinski definition) is 3. The molecule has 0 saturated carbocycles. The molecule has 1 N–H and O–H groups in total. The van der Waals surface area contributed by atoms with Crippen molar-refractivity contribution < 1.29 is 4.79 Å². The second-order valence-corrected chi connectivity index (χ2v) is 5.74. The van der Waals surface area contributed by atoms with Crippen LogP contribution in [-0.4, -0.2) is 30.8 Å². The Morgan fingerprint density at radius 3 is 2.63 bits per heavy atom. The molecule has 3 nitrogen and oxygen atoms in total. The maximum Gasteiger partial charge on any atom is 0.244 e. The Hall–Kier alpha value is -1.23. The van der Waals surface area contributed by atoms with Crippen LogP contribution in [0.15, 0.2) is 41.3 Å². The van der Waals surface area contributed by atoms with E-state index in [1.54, 1.807) is 19.1 Å². The number of carbonyl (C=O) groups is 1. The molecule has 0 unspecified atom stereocenters. The lowest BCUT2D eigenvalue weighted by Gasteiger charge is -2.12. The minimum Gasteiger partial charge on any atom is -0.289 e. The van der Waals surface area contributed by atoms with Gasteiger partial charge in [0, 0.05) is 29.4 Å². The normalized spacial score (nSPS) is 10.9. The maximum absolute atomic E-state index is 11.6. The Morgan fingerprint density at radius 1 is 1.26 bits per heavy atom. The Balaban J connectivity index is 2.19. The van der Waals surface area contributed by atoms with Gasteiger partial charge in [-0.2, -0.15) is 0 Å². The van der Waals surface area contributed by atoms with Crippen LogP contribution in [0.2, 0.25) is 5.02 Å². The number of carbonyl (C=O) groups excluding carboxylic acids is 1. The molecule has 0 aliphatic carbocycles. The molecule has 2 aromatic carbocycles. The van der Waals surface area contributed by atoms with Gasteiger partial charge >= 0.3 is 0 Å². The minimum atomic E-state index is -0.0287. The monoisotopic (exact) mass is 294 g/mol. The van der Waals surface area contributed by atoms with Crippen molar-refractivity contribution >= 4 is 40.0 Å². The molecule has 2 rings (SSSR count). The van der Waals surface area contributed by atoms with Crippen molar-refractivity contribution in [2.45, 2.75) is 4.90 Å². The van der Waals surface area contributed by atoms with E-state index in [1.165, 1.54) is 11.8 Å². The predicted octanol–water partition coefficient (Wildman–Crippen LogP) is 3.18. The van der Waals surface area contributed by atoms with Crippen LogP contribution < -0.4 is 5.43 Å². The first-order valence-electron chi connectivity index (χ1n) is 5.85. The summed E-state index contributed by atoms with van der Waals surface area (Å²) in [5.41, 5.74) is 2.72. The van der Waals surface area contributed by atoms with Crippen molar-refractivity contribution in [1.82, 2.24) is 10.4 Å². The lowest BCUT2D eigenvalue weighted by Crippen LogP contribution is -2.37. The Bertz CT molecular complexity index is 596. The third kappa shape index (κ3) is 3.62. The van der Waals surface area contributed by atoms with Crippen LogP contribution >= 0.6 is 23.4 Å². The van der Waals surface area contributed by atoms with E-state index >= 15 is 0 Å². The number of nitrogens with zero attached hydrogens (tertiary/aromatic N) is 1. The fraction of sp³-hybridized carbons (Fsp3) is 0.214. The van der Waals surface area contributed by atoms with E-state index in [1.807, 2.05) is 36.4 Å². The summed E-state index contributed by atoms with van der Waals surface area (Å²) < 4.78 is 0. The molecule has 0 aliphatic rings. The minimum absolute atomic E-state index is 0.0287. The van der Waals surface area contributed by atoms with Gasteiger partial charge in [-0.1, -0.05) is 35.9 Å². The summed E-state index contributed by atoms with van der Waals surface area (Å²) in [6.45, 7) is 0. The van der Waals surface area contributed by atoms with Crippen molar-refractivity contribution in [2.75, 3.05) is 19.8 Å². The van der Waals surface area contributed by atoms with Crippen molar-refractivity contribution in [3.8, 4) is 0 Å². The molecular formula is C14H15ClN2OS. The average Bonchev–Trinajstić information content (AvgIpc) is 2.35. The van der Waals surface area contributed by atoms with Gasteiger partial charge in [0.05, 0.1) is 5.75 Å². The van der Waals surface area contributed by atoms with Crippen molar-refractivity contribution in [3.63, 3.8) is 0 Å². The van der Waals surface area contributed by atoms with Crippen LogP contribution in [0.4, 0.5) is 0 Å². The van der Waals surface area contributed by atoms with E-state index < -0.39 is 0 Å². The van der Waals surface area contributed by atoms with Crippen LogP contribution in [0, 0.1) is 0 Å². The first-order valence-corrected chi connectivity index (χ1v) is 7.21. The van der Waals surface area contributed by atoms with Gasteiger partial charge in [0.15, 0.2) is 0 Å². The summed E-state index contributed by atoms with van der Waals surface area (Å²) in [7, 11) is 3.58. The fourth-order valence-electron chi connectivity index (χ4n) is 1.81. The highest BCUT2D eigenvalue weighted by molar-refractivity contribution is 8.00. The van der Waals surface area contributed by atoms with E-state index in [2.05, 4.69) is 5.43 Å². The van der Waals surface area contributed by atoms with Crippen LogP contribution in [-0.2, 0) is 4.79 Å². The number of fused-ring (bicyclic) bond motifs is 1. The molecular weight excluding hydrogens is 280 g/mol. The predicted molar refractivity (Wildman–Crippen MR) is 81.5 cm³/mol. The third-order valence-electron chi connectivity index (χ3n) is 2.52. The Labute approximate surface area is 121 Å². The van der Waals surface area contributed by atoms with Crippen LogP contribution in [0.5, 0.6) is 0 Å². The fourth-order valence-corrected chi connectivity index (χ4v) is 3.05. The topological polar surface area (TPSA) is 32.3 Å². The number of thioether (sulfide) groups is 1. The molecule has 0 spiro atoms. The highest BCUT2D eigenvalue weighted by Gasteiger charge is 2.08. The van der Waals surface area contributed by atoms with Crippen LogP contribution in [0.25, 0.3) is 10.8 Å². The summed E-state index contributed by atoms with van der Waals surface area (Å²) in [6.07, 6.45) is 0. The highest BCUT2D eigenvalue weighted by Crippen LogP contribution is 2.32. The van der Waals surface area contributed by atoms with E-state index in [9.17, 15) is 4.79 Å². The summed E-state index contributed by atoms with van der Waals surface area (Å²) in [4.78, 5) is 12.7. The zero-order chi connectivity index (χ0) is 13.8. The largest absolute Gasteiger partial charge is 0.289 e. The molecule has 0 heterocycles. The molecule has 0 fully saturated rings. The number of amides is 1. The Kier molecular flexibility index (Phi) is 4.69. The first-order chi connectivity index (χ1) is 9.08. The van der Waals surface area contributed by atoms with Gasteiger partial charge in [0.2, 0.25) is 5.91 Å². The van der Waals surface area contributed by atoms with Gasteiger partial charge in [0.1, 0.15) is 0 Å². The van der Waals surface area contributed by atoms with E-state index in [0.29, 0.717) is 10.8 Å². The van der Waals surface area contributed by atoms with E-state index in [-0.39, 0.29) is 5.91 Å². The third-order valence-corrected chi connectivity index (χ3v) is 3.90. The standard InChI is InChI=1S/C14H15ClN2OS/c1-17(2)16-13(18)9-19-12-8-4-6-10-5-3-7-11(15)14(10)12/h3-8H,9H2,1-2H3,(H,16,18). The van der Waals surface area contributed by atoms with Gasteiger partial charge in [-0.3, -0.25) is 10.2 Å². The maximum atomic E-state index is 11.6. The molecule has 1 amide bonds. The Morgan fingerprint density at radius 2 is 1.95 bits per heavy atom. The molecule has 0 aromatic heterocycles. The molecule has 2 aromatic rings. The number of halogens is 1. The summed E-state index contributed by atoms with van der Waals surface area (Å²) in [6, 6.07) is 11.8. The lowest BCUT2D eigenvalue weighted by molar-refractivity contribution is -0.122. The molecule has 19 heavy (non-hydrogen) atoms. The second-order valence-electron chi connectivity index (χ2n) is 4.31. The number of hydrazine groups is 1. The number of rotatable bonds is 4. The van der Waals surface area contributed by atoms with Gasteiger partial charge in [0.25, 0.3) is 0 Å². The zero-order valence-corrected chi connectivity index (χ0v) is 12.4. The number of nitrogens with one attached hydrogen (secondary N) is 1. The smallest absolute Gasteiger partial charge is 0.244 e. The second kappa shape index (κ2) is 6.28.